The average molecular weight is 1030 g/mol. The van der Waals surface area contributed by atoms with Crippen LogP contribution in [-0.2, 0) is 33.3 Å². The first kappa shape index (κ1) is 69.7. The van der Waals surface area contributed by atoms with Gasteiger partial charge in [0.1, 0.15) is 13.2 Å². The van der Waals surface area contributed by atoms with Gasteiger partial charge in [-0.1, -0.05) is 247 Å². The number of rotatable bonds is 55. The van der Waals surface area contributed by atoms with Crippen LogP contribution in [0.25, 0.3) is 0 Å². The summed E-state index contributed by atoms with van der Waals surface area (Å²) in [6, 6.07) is 0. The van der Waals surface area contributed by atoms with Crippen LogP contribution in [0.1, 0.15) is 258 Å². The van der Waals surface area contributed by atoms with Crippen molar-refractivity contribution < 1.29 is 42.9 Å². The van der Waals surface area contributed by atoms with Crippen molar-refractivity contribution in [1.29, 1.82) is 0 Å². The van der Waals surface area contributed by atoms with Crippen LogP contribution in [-0.4, -0.2) is 87.4 Å². The lowest BCUT2D eigenvalue weighted by molar-refractivity contribution is -0.870. The predicted octanol–water partition coefficient (Wildman–Crippen LogP) is 17.8. The molecule has 0 bridgehead atoms. The Labute approximate surface area is 449 Å². The Hall–Kier alpha value is -3.27. The van der Waals surface area contributed by atoms with Gasteiger partial charge >= 0.3 is 17.9 Å². The van der Waals surface area contributed by atoms with Gasteiger partial charge in [-0.3, -0.25) is 9.59 Å². The largest absolute Gasteiger partial charge is 0.477 e. The fraction of sp³-hybridized carbons (Fsp3) is 0.766. The summed E-state index contributed by atoms with van der Waals surface area (Å²) >= 11 is 0. The van der Waals surface area contributed by atoms with Crippen LogP contribution >= 0.6 is 0 Å². The minimum absolute atomic E-state index is 0.138. The molecule has 1 N–H and O–H groups in total. The molecular weight excluding hydrogens is 911 g/mol. The van der Waals surface area contributed by atoms with E-state index in [1.54, 1.807) is 0 Å². The van der Waals surface area contributed by atoms with Gasteiger partial charge < -0.3 is 28.5 Å². The molecule has 0 saturated heterocycles. The van der Waals surface area contributed by atoms with Crippen molar-refractivity contribution in [3.63, 3.8) is 0 Å². The van der Waals surface area contributed by atoms with Crippen LogP contribution in [0.15, 0.2) is 72.9 Å². The molecule has 0 fully saturated rings. The number of carbonyl (C=O) groups excluding carboxylic acids is 2. The summed E-state index contributed by atoms with van der Waals surface area (Å²) < 4.78 is 22.7. The normalized spacial score (nSPS) is 13.3. The monoisotopic (exact) mass is 1020 g/mol. The minimum atomic E-state index is -1.53. The number of aliphatic carboxylic acids is 1. The number of unbranched alkanes of at least 4 members (excludes halogenated alkanes) is 28. The van der Waals surface area contributed by atoms with Gasteiger partial charge in [0, 0.05) is 12.8 Å². The topological polar surface area (TPSA) is 108 Å². The van der Waals surface area contributed by atoms with Crippen LogP contribution in [0.5, 0.6) is 0 Å². The van der Waals surface area contributed by atoms with Crippen LogP contribution in [0.3, 0.4) is 0 Å². The van der Waals surface area contributed by atoms with E-state index in [0.717, 1.165) is 51.4 Å². The van der Waals surface area contributed by atoms with Gasteiger partial charge in [0.25, 0.3) is 6.29 Å². The maximum atomic E-state index is 12.8. The van der Waals surface area contributed by atoms with E-state index in [2.05, 4.69) is 74.6 Å². The maximum absolute atomic E-state index is 12.8. The number of carbonyl (C=O) groups is 3. The summed E-state index contributed by atoms with van der Waals surface area (Å²) in [5.74, 6) is -2.11. The van der Waals surface area contributed by atoms with Crippen molar-refractivity contribution in [2.75, 3.05) is 47.5 Å². The highest BCUT2D eigenvalue weighted by Crippen LogP contribution is 2.17. The second kappa shape index (κ2) is 55.0. The number of hydrogen-bond acceptors (Lipinski definition) is 7. The Morgan fingerprint density at radius 2 is 0.808 bits per heavy atom. The van der Waals surface area contributed by atoms with E-state index in [-0.39, 0.29) is 38.6 Å². The van der Waals surface area contributed by atoms with Gasteiger partial charge in [-0.05, 0) is 70.6 Å². The van der Waals surface area contributed by atoms with E-state index < -0.39 is 24.3 Å². The summed E-state index contributed by atoms with van der Waals surface area (Å²) in [6.07, 6.45) is 69.0. The van der Waals surface area contributed by atoms with E-state index in [4.69, 9.17) is 18.9 Å². The molecule has 0 aliphatic rings. The molecule has 422 valence electrons. The second-order valence-corrected chi connectivity index (χ2v) is 21.3. The number of esters is 2. The van der Waals surface area contributed by atoms with Crippen molar-refractivity contribution in [1.82, 2.24) is 0 Å². The minimum Gasteiger partial charge on any atom is -0.477 e. The smallest absolute Gasteiger partial charge is 0.361 e. The Balaban J connectivity index is 4.02. The summed E-state index contributed by atoms with van der Waals surface area (Å²) in [5.41, 5.74) is 0. The zero-order valence-corrected chi connectivity index (χ0v) is 48.0. The first-order valence-electron chi connectivity index (χ1n) is 30.1. The Kier molecular flexibility index (Phi) is 52.5. The van der Waals surface area contributed by atoms with Gasteiger partial charge in [-0.25, -0.2) is 4.79 Å². The molecule has 0 spiro atoms. The summed E-state index contributed by atoms with van der Waals surface area (Å²) in [5, 5.41) is 9.67. The number of hydrogen-bond donors (Lipinski definition) is 1. The van der Waals surface area contributed by atoms with Gasteiger partial charge in [-0.15, -0.1) is 0 Å². The number of quaternary nitrogens is 1. The van der Waals surface area contributed by atoms with E-state index in [1.807, 2.05) is 33.3 Å². The molecule has 9 nitrogen and oxygen atoms in total. The highest BCUT2D eigenvalue weighted by molar-refractivity contribution is 5.71. The van der Waals surface area contributed by atoms with Crippen LogP contribution in [0.4, 0.5) is 0 Å². The number of carboxylic acids is 1. The number of likely N-dealkylation sites (N-methyl/N-ethyl adjacent to an activating group) is 1. The average Bonchev–Trinajstić information content (AvgIpc) is 3.36. The molecule has 0 amide bonds. The highest BCUT2D eigenvalue weighted by atomic mass is 16.7. The quantitative estimate of drug-likeness (QED) is 0.0211. The van der Waals surface area contributed by atoms with E-state index in [9.17, 15) is 19.5 Å². The number of ether oxygens (including phenoxy) is 4. The molecule has 2 unspecified atom stereocenters. The van der Waals surface area contributed by atoms with Crippen molar-refractivity contribution in [3.8, 4) is 0 Å². The van der Waals surface area contributed by atoms with Gasteiger partial charge in [0.15, 0.2) is 6.10 Å². The molecule has 0 saturated carbocycles. The molecule has 0 radical (unpaired) electrons. The fourth-order valence-corrected chi connectivity index (χ4v) is 8.35. The molecule has 0 aromatic carbocycles. The lowest BCUT2D eigenvalue weighted by Gasteiger charge is -2.25. The molecule has 73 heavy (non-hydrogen) atoms. The lowest BCUT2D eigenvalue weighted by atomic mass is 10.0. The van der Waals surface area contributed by atoms with Crippen molar-refractivity contribution in [2.45, 2.75) is 270 Å². The second-order valence-electron chi connectivity index (χ2n) is 21.3. The number of allylic oxidation sites excluding steroid dienone is 12. The van der Waals surface area contributed by atoms with Gasteiger partial charge in [-0.2, -0.15) is 0 Å². The zero-order valence-electron chi connectivity index (χ0n) is 48.0. The first-order chi connectivity index (χ1) is 35.6. The third kappa shape index (κ3) is 56.3. The lowest BCUT2D eigenvalue weighted by Crippen LogP contribution is -2.40. The predicted molar refractivity (Wildman–Crippen MR) is 309 cm³/mol. The zero-order chi connectivity index (χ0) is 53.4. The van der Waals surface area contributed by atoms with Crippen molar-refractivity contribution in [3.05, 3.63) is 72.9 Å². The number of carboxylic acid groups (broad SMARTS) is 1. The van der Waals surface area contributed by atoms with Crippen LogP contribution in [0, 0.1) is 0 Å². The summed E-state index contributed by atoms with van der Waals surface area (Å²) in [6.45, 7) is 4.67. The standard InChI is InChI=1S/C64H113NO8/c1-6-8-10-12-14-16-18-20-21-22-23-24-25-26-27-28-29-30-31-32-33-34-35-36-37-38-39-40-41-43-44-46-48-50-52-54-61(66)71-58-60(59-72-64(63(68)69)70-57-56-65(3,4)5)73-62(67)55-53-51-49-47-45-42-19-17-15-13-11-9-7-2/h9,11,15,17-18,20,22-23,42,45,49,51,60,64H,6-8,10,12-14,16,19,21,24-41,43-44,46-48,50,52-59H2,1-5H3/p+1/b11-9-,17-15-,20-18-,23-22-,45-42-,51-49-. The van der Waals surface area contributed by atoms with E-state index >= 15 is 0 Å². The SMILES string of the molecule is CC/C=C\C/C=C\C/C=C\C/C=C\CCC(=O)OC(COC(=O)CCCCCCCCCCCCCCCCCCCCCCCCC/C=C\C/C=C\CCCCCCC)COC(OCC[N+](C)(C)C)C(=O)O. The van der Waals surface area contributed by atoms with Crippen LogP contribution in [0.2, 0.25) is 0 Å². The maximum Gasteiger partial charge on any atom is 0.361 e. The van der Waals surface area contributed by atoms with E-state index in [1.165, 1.54) is 173 Å². The first-order valence-corrected chi connectivity index (χ1v) is 30.1. The Morgan fingerprint density at radius 3 is 1.22 bits per heavy atom. The third-order valence-corrected chi connectivity index (χ3v) is 13.0. The molecule has 0 aromatic heterocycles. The van der Waals surface area contributed by atoms with Crippen molar-refractivity contribution >= 4 is 17.9 Å². The molecule has 9 heteroatoms. The molecular formula is C64H114NO8+. The molecule has 0 aliphatic heterocycles. The highest BCUT2D eigenvalue weighted by Gasteiger charge is 2.25. The molecule has 0 rings (SSSR count). The summed E-state index contributed by atoms with van der Waals surface area (Å²) in [7, 11) is 5.94. The van der Waals surface area contributed by atoms with Gasteiger partial charge in [0.05, 0.1) is 34.4 Å². The van der Waals surface area contributed by atoms with Crippen molar-refractivity contribution in [2.24, 2.45) is 0 Å². The molecule has 0 heterocycles. The van der Waals surface area contributed by atoms with Gasteiger partial charge in [0.2, 0.25) is 0 Å². The van der Waals surface area contributed by atoms with E-state index in [0.29, 0.717) is 17.4 Å². The molecule has 2 atom stereocenters. The summed E-state index contributed by atoms with van der Waals surface area (Å²) in [4.78, 5) is 37.3. The van der Waals surface area contributed by atoms with Crippen LogP contribution < -0.4 is 0 Å². The Morgan fingerprint density at radius 1 is 0.425 bits per heavy atom. The molecule has 0 aliphatic carbocycles. The molecule has 0 aromatic rings. The third-order valence-electron chi connectivity index (χ3n) is 13.0. The number of nitrogens with zero attached hydrogens (tertiary/aromatic N) is 1. The fourth-order valence-electron chi connectivity index (χ4n) is 8.35. The Bertz CT molecular complexity index is 1420.